The second-order valence-corrected chi connectivity index (χ2v) is 4.44. The van der Waals surface area contributed by atoms with Gasteiger partial charge in [-0.3, -0.25) is 4.79 Å². The van der Waals surface area contributed by atoms with E-state index in [0.29, 0.717) is 11.3 Å². The van der Waals surface area contributed by atoms with E-state index in [0.717, 1.165) is 14.3 Å². The summed E-state index contributed by atoms with van der Waals surface area (Å²) in [4.78, 5) is 11.3. The third kappa shape index (κ3) is 1.73. The molecule has 0 fully saturated rings. The molecule has 0 bridgehead atoms. The van der Waals surface area contributed by atoms with Crippen LogP contribution < -0.4 is 10.5 Å². The molecule has 1 amide bonds. The average Bonchev–Trinajstić information content (AvgIpc) is 2.29. The molecular weight excluding hydrogens is 317 g/mol. The van der Waals surface area contributed by atoms with E-state index in [-0.39, 0.29) is 0 Å². The molecule has 4 heteroatoms. The number of hydrogen-bond acceptors (Lipinski definition) is 2. The van der Waals surface area contributed by atoms with Crippen LogP contribution in [0.2, 0.25) is 0 Å². The summed E-state index contributed by atoms with van der Waals surface area (Å²) in [7, 11) is 1.54. The van der Waals surface area contributed by atoms with Crippen LogP contribution in [-0.2, 0) is 0 Å². The molecule has 0 atom stereocenters. The molecule has 0 unspecified atom stereocenters. The lowest BCUT2D eigenvalue weighted by atomic mass is 10.1. The van der Waals surface area contributed by atoms with E-state index in [1.54, 1.807) is 13.2 Å². The highest BCUT2D eigenvalue weighted by molar-refractivity contribution is 14.1. The van der Waals surface area contributed by atoms with Crippen LogP contribution in [0.3, 0.4) is 0 Å². The van der Waals surface area contributed by atoms with Crippen LogP contribution in [0.1, 0.15) is 10.4 Å². The fraction of sp³-hybridized carbons (Fsp3) is 0.0833. The van der Waals surface area contributed by atoms with E-state index in [4.69, 9.17) is 10.5 Å². The van der Waals surface area contributed by atoms with Crippen LogP contribution >= 0.6 is 22.6 Å². The molecule has 2 N–H and O–H groups in total. The molecule has 16 heavy (non-hydrogen) atoms. The Hall–Kier alpha value is -1.30. The Morgan fingerprint density at radius 1 is 1.38 bits per heavy atom. The number of rotatable bonds is 2. The Bertz CT molecular complexity index is 566. The SMILES string of the molecule is COc1c(C(N)=O)cc2ccccc2c1I. The monoisotopic (exact) mass is 327 g/mol. The number of benzene rings is 2. The van der Waals surface area contributed by atoms with Crippen LogP contribution in [0, 0.1) is 3.57 Å². The van der Waals surface area contributed by atoms with Crippen LogP contribution in [0.5, 0.6) is 5.75 Å². The number of methoxy groups -OCH3 is 1. The molecule has 2 rings (SSSR count). The van der Waals surface area contributed by atoms with Crippen molar-refractivity contribution in [3.05, 3.63) is 39.5 Å². The van der Waals surface area contributed by atoms with Gasteiger partial charge in [0, 0.05) is 0 Å². The maximum Gasteiger partial charge on any atom is 0.252 e. The van der Waals surface area contributed by atoms with Gasteiger partial charge in [0.2, 0.25) is 0 Å². The summed E-state index contributed by atoms with van der Waals surface area (Å²) in [5, 5.41) is 2.05. The lowest BCUT2D eigenvalue weighted by Crippen LogP contribution is -2.13. The smallest absolute Gasteiger partial charge is 0.252 e. The topological polar surface area (TPSA) is 52.3 Å². The van der Waals surface area contributed by atoms with Crippen molar-refractivity contribution < 1.29 is 9.53 Å². The quantitative estimate of drug-likeness (QED) is 0.862. The van der Waals surface area contributed by atoms with Crippen molar-refractivity contribution in [1.82, 2.24) is 0 Å². The zero-order valence-corrected chi connectivity index (χ0v) is 10.8. The van der Waals surface area contributed by atoms with E-state index < -0.39 is 5.91 Å². The fourth-order valence-electron chi connectivity index (χ4n) is 1.67. The summed E-state index contributed by atoms with van der Waals surface area (Å²) in [5.41, 5.74) is 5.75. The molecule has 0 saturated heterocycles. The van der Waals surface area contributed by atoms with E-state index in [1.807, 2.05) is 24.3 Å². The molecule has 2 aromatic carbocycles. The summed E-state index contributed by atoms with van der Waals surface area (Å²) in [6, 6.07) is 9.58. The van der Waals surface area contributed by atoms with Crippen molar-refractivity contribution in [2.45, 2.75) is 0 Å². The van der Waals surface area contributed by atoms with Gasteiger partial charge in [0.25, 0.3) is 5.91 Å². The highest BCUT2D eigenvalue weighted by Crippen LogP contribution is 2.32. The molecule has 0 spiro atoms. The molecule has 0 radical (unpaired) electrons. The van der Waals surface area contributed by atoms with Crippen molar-refractivity contribution in [3.8, 4) is 5.75 Å². The molecule has 3 nitrogen and oxygen atoms in total. The van der Waals surface area contributed by atoms with E-state index in [9.17, 15) is 4.79 Å². The zero-order valence-electron chi connectivity index (χ0n) is 8.66. The summed E-state index contributed by atoms with van der Waals surface area (Å²) < 4.78 is 6.15. The second kappa shape index (κ2) is 4.29. The molecule has 0 saturated carbocycles. The third-order valence-electron chi connectivity index (χ3n) is 2.41. The van der Waals surface area contributed by atoms with Gasteiger partial charge in [0.15, 0.2) is 0 Å². The van der Waals surface area contributed by atoms with Gasteiger partial charge in [-0.05, 0) is 39.4 Å². The standard InChI is InChI=1S/C12H10INO2/c1-16-11-9(12(14)15)6-7-4-2-3-5-8(7)10(11)13/h2-6H,1H3,(H2,14,15). The number of ether oxygens (including phenoxy) is 1. The Morgan fingerprint density at radius 3 is 2.69 bits per heavy atom. The lowest BCUT2D eigenvalue weighted by Gasteiger charge is -2.10. The third-order valence-corrected chi connectivity index (χ3v) is 3.48. The minimum atomic E-state index is -0.472. The van der Waals surface area contributed by atoms with Gasteiger partial charge in [-0.1, -0.05) is 24.3 Å². The molecule has 0 heterocycles. The molecule has 2 aromatic rings. The van der Waals surface area contributed by atoms with Gasteiger partial charge < -0.3 is 10.5 Å². The van der Waals surface area contributed by atoms with Gasteiger partial charge in [-0.25, -0.2) is 0 Å². The molecule has 0 aliphatic carbocycles. The van der Waals surface area contributed by atoms with Crippen LogP contribution in [0.4, 0.5) is 0 Å². The number of amides is 1. The largest absolute Gasteiger partial charge is 0.495 e. The second-order valence-electron chi connectivity index (χ2n) is 3.36. The zero-order chi connectivity index (χ0) is 11.7. The number of halogens is 1. The van der Waals surface area contributed by atoms with E-state index in [2.05, 4.69) is 22.6 Å². The van der Waals surface area contributed by atoms with Crippen molar-refractivity contribution in [2.75, 3.05) is 7.11 Å². The Kier molecular flexibility index (Phi) is 3.00. The highest BCUT2D eigenvalue weighted by Gasteiger charge is 2.15. The van der Waals surface area contributed by atoms with Gasteiger partial charge in [-0.2, -0.15) is 0 Å². The first-order valence-corrected chi connectivity index (χ1v) is 5.78. The lowest BCUT2D eigenvalue weighted by molar-refractivity contribution is 0.0997. The highest BCUT2D eigenvalue weighted by atomic mass is 127. The number of hydrogen-bond donors (Lipinski definition) is 1. The minimum Gasteiger partial charge on any atom is -0.495 e. The van der Waals surface area contributed by atoms with Crippen molar-refractivity contribution >= 4 is 39.3 Å². The summed E-state index contributed by atoms with van der Waals surface area (Å²) in [6.45, 7) is 0. The summed E-state index contributed by atoms with van der Waals surface area (Å²) in [5.74, 6) is 0.0762. The maximum absolute atomic E-state index is 11.3. The molecule has 0 aliphatic heterocycles. The normalized spacial score (nSPS) is 10.4. The maximum atomic E-state index is 11.3. The van der Waals surface area contributed by atoms with Crippen LogP contribution in [-0.4, -0.2) is 13.0 Å². The first-order valence-electron chi connectivity index (χ1n) is 4.70. The number of carbonyl (C=O) groups excluding carboxylic acids is 1. The molecule has 0 aromatic heterocycles. The molecular formula is C12H10INO2. The predicted molar refractivity (Wildman–Crippen MR) is 71.7 cm³/mol. The van der Waals surface area contributed by atoms with Crippen molar-refractivity contribution in [2.24, 2.45) is 5.73 Å². The van der Waals surface area contributed by atoms with E-state index in [1.165, 1.54) is 0 Å². The van der Waals surface area contributed by atoms with Gasteiger partial charge in [0.1, 0.15) is 5.75 Å². The summed E-state index contributed by atoms with van der Waals surface area (Å²) >= 11 is 2.16. The number of primary amides is 1. The van der Waals surface area contributed by atoms with Gasteiger partial charge in [0.05, 0.1) is 16.2 Å². The number of carbonyl (C=O) groups is 1. The molecule has 0 aliphatic rings. The van der Waals surface area contributed by atoms with Crippen LogP contribution in [0.15, 0.2) is 30.3 Å². The Labute approximate surface area is 107 Å². The van der Waals surface area contributed by atoms with Crippen LogP contribution in [0.25, 0.3) is 10.8 Å². The average molecular weight is 327 g/mol. The van der Waals surface area contributed by atoms with Crippen molar-refractivity contribution in [1.29, 1.82) is 0 Å². The first kappa shape index (κ1) is 11.2. The van der Waals surface area contributed by atoms with Crippen molar-refractivity contribution in [3.63, 3.8) is 0 Å². The number of fused-ring (bicyclic) bond motifs is 1. The Morgan fingerprint density at radius 2 is 2.06 bits per heavy atom. The first-order chi connectivity index (χ1) is 7.65. The Balaban J connectivity index is 2.87. The van der Waals surface area contributed by atoms with Gasteiger partial charge in [-0.15, -0.1) is 0 Å². The minimum absolute atomic E-state index is 0.422. The fourth-order valence-corrected chi connectivity index (χ4v) is 2.67. The number of nitrogens with two attached hydrogens (primary N) is 1. The predicted octanol–water partition coefficient (Wildman–Crippen LogP) is 2.55. The molecule has 82 valence electrons. The van der Waals surface area contributed by atoms with Gasteiger partial charge >= 0.3 is 0 Å². The van der Waals surface area contributed by atoms with E-state index >= 15 is 0 Å². The summed E-state index contributed by atoms with van der Waals surface area (Å²) in [6.07, 6.45) is 0.